The largest absolute Gasteiger partial charge is 0.360 e. The second-order valence-electron chi connectivity index (χ2n) is 8.28. The van der Waals surface area contributed by atoms with Gasteiger partial charge in [0.1, 0.15) is 0 Å². The summed E-state index contributed by atoms with van der Waals surface area (Å²) >= 11 is 1.52. The summed E-state index contributed by atoms with van der Waals surface area (Å²) in [5.41, 5.74) is 7.24. The lowest BCUT2D eigenvalue weighted by atomic mass is 10.0. The number of carbonyl (C=O) groups excluding carboxylic acids is 1. The smallest absolute Gasteiger partial charge is 0.182 e. The number of hydrogen-bond acceptors (Lipinski definition) is 3. The summed E-state index contributed by atoms with van der Waals surface area (Å²) < 4.78 is 0. The van der Waals surface area contributed by atoms with E-state index in [2.05, 4.69) is 44.0 Å². The molecule has 2 aromatic heterocycles. The lowest BCUT2D eigenvalue weighted by Gasteiger charge is -2.17. The van der Waals surface area contributed by atoms with Crippen LogP contribution in [-0.4, -0.2) is 15.8 Å². The van der Waals surface area contributed by atoms with E-state index >= 15 is 0 Å². The van der Waals surface area contributed by atoms with Crippen molar-refractivity contribution in [1.29, 1.82) is 0 Å². The van der Waals surface area contributed by atoms with Crippen LogP contribution in [-0.2, 0) is 0 Å². The third kappa shape index (κ3) is 3.71. The van der Waals surface area contributed by atoms with Crippen molar-refractivity contribution in [3.8, 4) is 0 Å². The monoisotopic (exact) mass is 436 g/mol. The number of nitrogens with one attached hydrogen (secondary N) is 1. The molecule has 0 aliphatic heterocycles. The molecular formula is C28H24N2OS. The van der Waals surface area contributed by atoms with E-state index in [9.17, 15) is 4.79 Å². The number of benzene rings is 3. The summed E-state index contributed by atoms with van der Waals surface area (Å²) in [4.78, 5) is 22.0. The minimum atomic E-state index is -0.384. The van der Waals surface area contributed by atoms with Crippen LogP contribution in [0.1, 0.15) is 37.9 Å². The molecule has 0 unspecified atom stereocenters. The Hall–Kier alpha value is -3.37. The molecule has 0 aliphatic rings. The van der Waals surface area contributed by atoms with Gasteiger partial charge >= 0.3 is 0 Å². The first kappa shape index (κ1) is 20.5. The standard InChI is InChI=1S/C28H24N2OS/c1-17-13-19(3)26-22(14-17)18(2)15-25(30-26)32-28(20-9-5-4-6-10-20)27(31)23-16-29-24-12-8-7-11-21(23)24/h4-16,28-29H,1-3H3/t28-/m1/s1. The van der Waals surface area contributed by atoms with Crippen molar-refractivity contribution in [3.05, 3.63) is 107 Å². The van der Waals surface area contributed by atoms with Gasteiger partial charge in [0.2, 0.25) is 0 Å². The summed E-state index contributed by atoms with van der Waals surface area (Å²) in [5, 5.41) is 2.61. The molecule has 3 aromatic carbocycles. The molecule has 158 valence electrons. The number of aryl methyl sites for hydroxylation is 3. The van der Waals surface area contributed by atoms with Gasteiger partial charge in [-0.15, -0.1) is 0 Å². The Bertz CT molecular complexity index is 1450. The molecule has 0 amide bonds. The fourth-order valence-corrected chi connectivity index (χ4v) is 5.47. The molecule has 5 aromatic rings. The molecule has 4 heteroatoms. The Morgan fingerprint density at radius 1 is 0.875 bits per heavy atom. The fourth-order valence-electron chi connectivity index (χ4n) is 4.31. The van der Waals surface area contributed by atoms with Gasteiger partial charge < -0.3 is 4.98 Å². The van der Waals surface area contributed by atoms with Crippen molar-refractivity contribution >= 4 is 39.4 Å². The van der Waals surface area contributed by atoms with E-state index in [4.69, 9.17) is 4.98 Å². The molecule has 1 atom stereocenters. The van der Waals surface area contributed by atoms with Gasteiger partial charge in [0.15, 0.2) is 5.78 Å². The number of aromatic nitrogens is 2. The van der Waals surface area contributed by atoms with Crippen LogP contribution < -0.4 is 0 Å². The van der Waals surface area contributed by atoms with E-state index < -0.39 is 0 Å². The van der Waals surface area contributed by atoms with Crippen molar-refractivity contribution in [3.63, 3.8) is 0 Å². The van der Waals surface area contributed by atoms with Crippen molar-refractivity contribution in [2.45, 2.75) is 31.0 Å². The summed E-state index contributed by atoms with van der Waals surface area (Å²) in [6, 6.07) is 24.4. The van der Waals surface area contributed by atoms with Crippen LogP contribution in [0.2, 0.25) is 0 Å². The van der Waals surface area contributed by atoms with Crippen LogP contribution in [0.15, 0.2) is 84.0 Å². The molecule has 2 heterocycles. The van der Waals surface area contributed by atoms with E-state index in [0.29, 0.717) is 5.56 Å². The highest BCUT2D eigenvalue weighted by Gasteiger charge is 2.26. The average Bonchev–Trinajstić information content (AvgIpc) is 3.23. The molecule has 32 heavy (non-hydrogen) atoms. The number of rotatable bonds is 5. The van der Waals surface area contributed by atoms with Crippen LogP contribution in [0.4, 0.5) is 0 Å². The van der Waals surface area contributed by atoms with Gasteiger partial charge in [-0.05, 0) is 55.7 Å². The number of fused-ring (bicyclic) bond motifs is 2. The highest BCUT2D eigenvalue weighted by atomic mass is 32.2. The van der Waals surface area contributed by atoms with Gasteiger partial charge in [-0.2, -0.15) is 0 Å². The average molecular weight is 437 g/mol. The van der Waals surface area contributed by atoms with Gasteiger partial charge in [0, 0.05) is 28.0 Å². The normalized spacial score (nSPS) is 12.3. The van der Waals surface area contributed by atoms with E-state index in [-0.39, 0.29) is 11.0 Å². The van der Waals surface area contributed by atoms with Crippen LogP contribution in [0.3, 0.4) is 0 Å². The zero-order chi connectivity index (χ0) is 22.2. The first-order valence-electron chi connectivity index (χ1n) is 10.7. The van der Waals surface area contributed by atoms with Crippen LogP contribution in [0, 0.1) is 20.8 Å². The number of Topliss-reactive ketones (excluding diaryl/α,β-unsaturated/α-hetero) is 1. The lowest BCUT2D eigenvalue weighted by molar-refractivity contribution is 0.0991. The Morgan fingerprint density at radius 3 is 2.44 bits per heavy atom. The Labute approximate surface area is 191 Å². The van der Waals surface area contributed by atoms with E-state index in [1.54, 1.807) is 0 Å². The van der Waals surface area contributed by atoms with Gasteiger partial charge in [-0.1, -0.05) is 71.9 Å². The second-order valence-corrected chi connectivity index (χ2v) is 9.40. The zero-order valence-electron chi connectivity index (χ0n) is 18.3. The van der Waals surface area contributed by atoms with Gasteiger partial charge in [0.05, 0.1) is 15.8 Å². The molecule has 0 saturated carbocycles. The predicted octanol–water partition coefficient (Wildman–Crippen LogP) is 7.36. The maximum absolute atomic E-state index is 13.8. The van der Waals surface area contributed by atoms with Gasteiger partial charge in [-0.3, -0.25) is 4.79 Å². The molecule has 0 fully saturated rings. The summed E-state index contributed by atoms with van der Waals surface area (Å²) in [6.45, 7) is 6.33. The molecule has 0 bridgehead atoms. The molecule has 0 aliphatic carbocycles. The molecule has 0 spiro atoms. The first-order valence-corrected chi connectivity index (χ1v) is 11.6. The van der Waals surface area contributed by atoms with Crippen LogP contribution in [0.5, 0.6) is 0 Å². The van der Waals surface area contributed by atoms with E-state index in [0.717, 1.165) is 32.6 Å². The SMILES string of the molecule is Cc1cc(C)c2nc(S[C@@H](C(=O)c3c[nH]c4ccccc34)c3ccccc3)cc(C)c2c1. The molecule has 3 nitrogen and oxygen atoms in total. The first-order chi connectivity index (χ1) is 15.5. The minimum absolute atomic E-state index is 0.0822. The number of carbonyl (C=O) groups is 1. The van der Waals surface area contributed by atoms with E-state index in [1.807, 2.05) is 60.8 Å². The van der Waals surface area contributed by atoms with Crippen molar-refractivity contribution in [2.75, 3.05) is 0 Å². The molecule has 1 N–H and O–H groups in total. The second kappa shape index (κ2) is 8.29. The highest BCUT2D eigenvalue weighted by Crippen LogP contribution is 2.39. The zero-order valence-corrected chi connectivity index (χ0v) is 19.2. The summed E-state index contributed by atoms with van der Waals surface area (Å²) in [7, 11) is 0. The number of pyridine rings is 1. The summed E-state index contributed by atoms with van der Waals surface area (Å²) in [5.74, 6) is 0.0822. The molecule has 5 rings (SSSR count). The van der Waals surface area contributed by atoms with Crippen LogP contribution in [0.25, 0.3) is 21.8 Å². The van der Waals surface area contributed by atoms with Crippen LogP contribution >= 0.6 is 11.8 Å². The van der Waals surface area contributed by atoms with Crippen molar-refractivity contribution in [1.82, 2.24) is 9.97 Å². The third-order valence-corrected chi connectivity index (χ3v) is 7.04. The molecular weight excluding hydrogens is 412 g/mol. The lowest BCUT2D eigenvalue weighted by Crippen LogP contribution is -2.10. The molecule has 0 saturated heterocycles. The minimum Gasteiger partial charge on any atom is -0.360 e. The Kier molecular flexibility index (Phi) is 5.32. The van der Waals surface area contributed by atoms with Crippen molar-refractivity contribution in [2.24, 2.45) is 0 Å². The number of H-pyrrole nitrogens is 1. The maximum atomic E-state index is 13.8. The number of para-hydroxylation sites is 1. The Balaban J connectivity index is 1.60. The van der Waals surface area contributed by atoms with E-state index in [1.165, 1.54) is 28.3 Å². The number of aromatic amines is 1. The highest BCUT2D eigenvalue weighted by molar-refractivity contribution is 8.00. The quantitative estimate of drug-likeness (QED) is 0.231. The predicted molar refractivity (Wildman–Crippen MR) is 134 cm³/mol. The number of thioether (sulfide) groups is 1. The topological polar surface area (TPSA) is 45.8 Å². The third-order valence-electron chi connectivity index (χ3n) is 5.87. The number of ketones is 1. The summed E-state index contributed by atoms with van der Waals surface area (Å²) in [6.07, 6.45) is 1.83. The Morgan fingerprint density at radius 2 is 1.62 bits per heavy atom. The van der Waals surface area contributed by atoms with Gasteiger partial charge in [-0.25, -0.2) is 4.98 Å². The number of nitrogens with zero attached hydrogens (tertiary/aromatic N) is 1. The number of hydrogen-bond donors (Lipinski definition) is 1. The fraction of sp³-hybridized carbons (Fsp3) is 0.143. The van der Waals surface area contributed by atoms with Crippen molar-refractivity contribution < 1.29 is 4.79 Å². The maximum Gasteiger partial charge on any atom is 0.182 e. The van der Waals surface area contributed by atoms with Gasteiger partial charge in [0.25, 0.3) is 0 Å². The molecule has 0 radical (unpaired) electrons.